The average Bonchev–Trinajstić information content (AvgIpc) is 2.74. The average molecular weight is 236 g/mol. The van der Waals surface area contributed by atoms with Crippen molar-refractivity contribution in [1.82, 2.24) is 9.47 Å². The molecule has 1 N–H and O–H groups in total. The molecule has 1 fully saturated rings. The maximum atomic E-state index is 11.8. The Morgan fingerprint density at radius 1 is 1.47 bits per heavy atom. The Morgan fingerprint density at radius 3 is 2.94 bits per heavy atom. The van der Waals surface area contributed by atoms with Crippen LogP contribution in [-0.4, -0.2) is 39.7 Å². The normalized spacial score (nSPS) is 19.6. The van der Waals surface area contributed by atoms with E-state index in [0.29, 0.717) is 32.5 Å². The molecule has 0 spiro atoms. The van der Waals surface area contributed by atoms with Crippen LogP contribution in [0.2, 0.25) is 0 Å². The fourth-order valence-electron chi connectivity index (χ4n) is 1.99. The van der Waals surface area contributed by atoms with E-state index in [-0.39, 0.29) is 11.5 Å². The summed E-state index contributed by atoms with van der Waals surface area (Å²) < 4.78 is 1.52. The van der Waals surface area contributed by atoms with E-state index in [2.05, 4.69) is 0 Å². The second kappa shape index (κ2) is 5.14. The molecule has 2 rings (SSSR count). The molecule has 1 aliphatic rings. The van der Waals surface area contributed by atoms with Crippen LogP contribution in [-0.2, 0) is 11.3 Å². The first kappa shape index (κ1) is 11.9. The molecular formula is C12H16N2O3. The summed E-state index contributed by atoms with van der Waals surface area (Å²) in [6.45, 7) is 1.43. The third-order valence-electron chi connectivity index (χ3n) is 2.98. The number of rotatable bonds is 3. The first-order valence-corrected chi connectivity index (χ1v) is 5.78. The van der Waals surface area contributed by atoms with Crippen LogP contribution in [0, 0.1) is 0 Å². The summed E-state index contributed by atoms with van der Waals surface area (Å²) in [5, 5.41) is 9.33. The first-order chi connectivity index (χ1) is 8.16. The lowest BCUT2D eigenvalue weighted by Crippen LogP contribution is -2.31. The number of β-amino-alcohol motifs (C(OH)–C–C–N with tert-alkyl or cyclic N) is 1. The number of pyridine rings is 1. The standard InChI is InChI=1S/C12H16N2O3/c15-10-4-7-14(9-10)12(17)5-8-13-6-2-1-3-11(13)16/h1-3,6,10,15H,4-5,7-9H2/t10-/m0/s1. The molecule has 1 saturated heterocycles. The lowest BCUT2D eigenvalue weighted by molar-refractivity contribution is -0.130. The summed E-state index contributed by atoms with van der Waals surface area (Å²) >= 11 is 0. The predicted molar refractivity (Wildman–Crippen MR) is 62.5 cm³/mol. The number of aromatic nitrogens is 1. The second-order valence-electron chi connectivity index (χ2n) is 4.26. The Hall–Kier alpha value is -1.62. The molecule has 0 unspecified atom stereocenters. The summed E-state index contributed by atoms with van der Waals surface area (Å²) in [4.78, 5) is 24.8. The molecule has 1 atom stereocenters. The topological polar surface area (TPSA) is 62.5 Å². The highest BCUT2D eigenvalue weighted by atomic mass is 16.3. The van der Waals surface area contributed by atoms with E-state index in [1.807, 2.05) is 0 Å². The highest BCUT2D eigenvalue weighted by Gasteiger charge is 2.23. The highest BCUT2D eigenvalue weighted by molar-refractivity contribution is 5.76. The second-order valence-corrected chi connectivity index (χ2v) is 4.26. The molecule has 5 nitrogen and oxygen atoms in total. The van der Waals surface area contributed by atoms with Gasteiger partial charge in [0.1, 0.15) is 0 Å². The van der Waals surface area contributed by atoms with Gasteiger partial charge in [0.2, 0.25) is 5.91 Å². The van der Waals surface area contributed by atoms with E-state index in [1.165, 1.54) is 10.6 Å². The van der Waals surface area contributed by atoms with Crippen LogP contribution >= 0.6 is 0 Å². The SMILES string of the molecule is O=C(CCn1ccccc1=O)N1CC[C@H](O)C1. The van der Waals surface area contributed by atoms with Crippen molar-refractivity contribution in [3.05, 3.63) is 34.7 Å². The summed E-state index contributed by atoms with van der Waals surface area (Å²) in [6, 6.07) is 4.92. The van der Waals surface area contributed by atoms with Gasteiger partial charge in [-0.1, -0.05) is 6.07 Å². The summed E-state index contributed by atoms with van der Waals surface area (Å²) in [5.41, 5.74) is -0.0956. The smallest absolute Gasteiger partial charge is 0.250 e. The number of likely N-dealkylation sites (tertiary alicyclic amines) is 1. The molecule has 0 aromatic carbocycles. The van der Waals surface area contributed by atoms with Gasteiger partial charge in [-0.25, -0.2) is 0 Å². The lowest BCUT2D eigenvalue weighted by Gasteiger charge is -2.15. The minimum Gasteiger partial charge on any atom is -0.391 e. The molecule has 92 valence electrons. The van der Waals surface area contributed by atoms with Gasteiger partial charge < -0.3 is 14.6 Å². The van der Waals surface area contributed by atoms with Crippen molar-refractivity contribution in [2.45, 2.75) is 25.5 Å². The van der Waals surface area contributed by atoms with Crippen molar-refractivity contribution in [3.8, 4) is 0 Å². The van der Waals surface area contributed by atoms with Crippen LogP contribution in [0.1, 0.15) is 12.8 Å². The highest BCUT2D eigenvalue weighted by Crippen LogP contribution is 2.10. The summed E-state index contributed by atoms with van der Waals surface area (Å²) in [7, 11) is 0. The number of nitrogens with zero attached hydrogens (tertiary/aromatic N) is 2. The van der Waals surface area contributed by atoms with Crippen molar-refractivity contribution in [3.63, 3.8) is 0 Å². The van der Waals surface area contributed by atoms with E-state index in [9.17, 15) is 14.7 Å². The predicted octanol–water partition coefficient (Wildman–Crippen LogP) is -0.168. The number of amides is 1. The molecule has 1 aliphatic heterocycles. The molecule has 17 heavy (non-hydrogen) atoms. The number of carbonyl (C=O) groups excluding carboxylic acids is 1. The number of aryl methyl sites for hydroxylation is 1. The van der Waals surface area contributed by atoms with Crippen LogP contribution in [0.4, 0.5) is 0 Å². The van der Waals surface area contributed by atoms with Gasteiger partial charge in [0.05, 0.1) is 6.10 Å². The third kappa shape index (κ3) is 2.94. The molecule has 1 aromatic heterocycles. The van der Waals surface area contributed by atoms with Gasteiger partial charge >= 0.3 is 0 Å². The molecule has 0 saturated carbocycles. The van der Waals surface area contributed by atoms with Gasteiger partial charge in [0.15, 0.2) is 0 Å². The van der Waals surface area contributed by atoms with Crippen molar-refractivity contribution >= 4 is 5.91 Å². The first-order valence-electron chi connectivity index (χ1n) is 5.78. The number of aliphatic hydroxyl groups excluding tert-OH is 1. The van der Waals surface area contributed by atoms with Gasteiger partial charge in [0, 0.05) is 38.3 Å². The van der Waals surface area contributed by atoms with Crippen LogP contribution in [0.25, 0.3) is 0 Å². The fourth-order valence-corrected chi connectivity index (χ4v) is 1.99. The Kier molecular flexibility index (Phi) is 3.58. The zero-order chi connectivity index (χ0) is 12.3. The number of carbonyl (C=O) groups is 1. The van der Waals surface area contributed by atoms with Gasteiger partial charge in [-0.2, -0.15) is 0 Å². The largest absolute Gasteiger partial charge is 0.391 e. The Morgan fingerprint density at radius 2 is 2.29 bits per heavy atom. The van der Waals surface area contributed by atoms with Crippen LogP contribution in [0.15, 0.2) is 29.2 Å². The number of hydrogen-bond acceptors (Lipinski definition) is 3. The molecule has 1 amide bonds. The molecule has 0 radical (unpaired) electrons. The minimum atomic E-state index is -0.390. The summed E-state index contributed by atoms with van der Waals surface area (Å²) in [5.74, 6) is -0.00250. The third-order valence-corrected chi connectivity index (χ3v) is 2.98. The molecule has 5 heteroatoms. The maximum Gasteiger partial charge on any atom is 0.250 e. The molecule has 0 bridgehead atoms. The van der Waals surface area contributed by atoms with Crippen molar-refractivity contribution in [2.75, 3.05) is 13.1 Å². The van der Waals surface area contributed by atoms with Crippen molar-refractivity contribution in [2.24, 2.45) is 0 Å². The molecule has 1 aromatic rings. The number of aliphatic hydroxyl groups is 1. The van der Waals surface area contributed by atoms with Gasteiger partial charge in [0.25, 0.3) is 5.56 Å². The quantitative estimate of drug-likeness (QED) is 0.792. The fraction of sp³-hybridized carbons (Fsp3) is 0.500. The lowest BCUT2D eigenvalue weighted by atomic mass is 10.3. The van der Waals surface area contributed by atoms with Crippen LogP contribution < -0.4 is 5.56 Å². The Labute approximate surface area is 99.3 Å². The summed E-state index contributed by atoms with van der Waals surface area (Å²) in [6.07, 6.45) is 2.24. The van der Waals surface area contributed by atoms with Crippen LogP contribution in [0.3, 0.4) is 0 Å². The minimum absolute atomic E-state index is 0.00250. The van der Waals surface area contributed by atoms with Crippen molar-refractivity contribution in [1.29, 1.82) is 0 Å². The molecule has 0 aliphatic carbocycles. The van der Waals surface area contributed by atoms with E-state index in [1.54, 1.807) is 23.2 Å². The van der Waals surface area contributed by atoms with E-state index < -0.39 is 6.10 Å². The zero-order valence-electron chi connectivity index (χ0n) is 9.58. The monoisotopic (exact) mass is 236 g/mol. The van der Waals surface area contributed by atoms with E-state index >= 15 is 0 Å². The van der Waals surface area contributed by atoms with E-state index in [4.69, 9.17) is 0 Å². The van der Waals surface area contributed by atoms with Gasteiger partial charge in [-0.05, 0) is 12.5 Å². The number of hydrogen-bond donors (Lipinski definition) is 1. The van der Waals surface area contributed by atoms with Gasteiger partial charge in [-0.15, -0.1) is 0 Å². The van der Waals surface area contributed by atoms with E-state index in [0.717, 1.165) is 0 Å². The maximum absolute atomic E-state index is 11.8. The zero-order valence-corrected chi connectivity index (χ0v) is 9.58. The van der Waals surface area contributed by atoms with Crippen molar-refractivity contribution < 1.29 is 9.90 Å². The molecular weight excluding hydrogens is 220 g/mol. The molecule has 2 heterocycles. The Balaban J connectivity index is 1.88. The van der Waals surface area contributed by atoms with Crippen LogP contribution in [0.5, 0.6) is 0 Å². The van der Waals surface area contributed by atoms with Gasteiger partial charge in [-0.3, -0.25) is 9.59 Å². The Bertz CT molecular complexity index is 455.